The van der Waals surface area contributed by atoms with Crippen LogP contribution in [0.2, 0.25) is 0 Å². The first-order valence-corrected chi connectivity index (χ1v) is 8.54. The molecule has 1 aliphatic heterocycles. The minimum Gasteiger partial charge on any atom is -0.354 e. The molecular formula is C20H23N3O2. The van der Waals surface area contributed by atoms with Crippen LogP contribution in [0.15, 0.2) is 54.6 Å². The van der Waals surface area contributed by atoms with E-state index in [0.717, 1.165) is 16.8 Å². The monoisotopic (exact) mass is 337 g/mol. The van der Waals surface area contributed by atoms with Gasteiger partial charge in [-0.2, -0.15) is 0 Å². The highest BCUT2D eigenvalue weighted by molar-refractivity contribution is 6.01. The molecule has 130 valence electrons. The van der Waals surface area contributed by atoms with E-state index in [0.29, 0.717) is 19.5 Å². The van der Waals surface area contributed by atoms with Crippen molar-refractivity contribution in [3.05, 3.63) is 65.7 Å². The number of carbonyl (C=O) groups is 2. The third-order valence-corrected chi connectivity index (χ3v) is 4.70. The molecule has 2 unspecified atom stereocenters. The number of hydrogen-bond acceptors (Lipinski definition) is 3. The Hall–Kier alpha value is -2.66. The lowest BCUT2D eigenvalue weighted by Crippen LogP contribution is -2.40. The van der Waals surface area contributed by atoms with Crippen molar-refractivity contribution in [3.63, 3.8) is 0 Å². The van der Waals surface area contributed by atoms with Crippen molar-refractivity contribution in [1.82, 2.24) is 5.32 Å². The summed E-state index contributed by atoms with van der Waals surface area (Å²) >= 11 is 0. The summed E-state index contributed by atoms with van der Waals surface area (Å²) in [5.41, 5.74) is 9.11. The second-order valence-corrected chi connectivity index (χ2v) is 6.37. The van der Waals surface area contributed by atoms with Crippen LogP contribution >= 0.6 is 0 Å². The molecule has 25 heavy (non-hydrogen) atoms. The Bertz CT molecular complexity index is 761. The average Bonchev–Trinajstić information content (AvgIpc) is 2.96. The fourth-order valence-corrected chi connectivity index (χ4v) is 3.14. The van der Waals surface area contributed by atoms with Crippen LogP contribution in [-0.2, 0) is 16.0 Å². The van der Waals surface area contributed by atoms with E-state index in [9.17, 15) is 9.59 Å². The predicted octanol–water partition coefficient (Wildman–Crippen LogP) is 2.03. The van der Waals surface area contributed by atoms with Gasteiger partial charge >= 0.3 is 0 Å². The molecule has 5 heteroatoms. The summed E-state index contributed by atoms with van der Waals surface area (Å²) in [6.07, 6.45) is 0.430. The molecule has 0 fully saturated rings. The summed E-state index contributed by atoms with van der Waals surface area (Å²) in [4.78, 5) is 26.2. The second kappa shape index (κ2) is 7.49. The summed E-state index contributed by atoms with van der Waals surface area (Å²) in [5, 5.41) is 2.90. The van der Waals surface area contributed by atoms with Gasteiger partial charge in [-0.25, -0.2) is 0 Å². The van der Waals surface area contributed by atoms with Crippen molar-refractivity contribution in [3.8, 4) is 0 Å². The van der Waals surface area contributed by atoms with Gasteiger partial charge in [-0.1, -0.05) is 55.5 Å². The van der Waals surface area contributed by atoms with Crippen LogP contribution in [0.5, 0.6) is 0 Å². The molecular weight excluding hydrogens is 314 g/mol. The lowest BCUT2D eigenvalue weighted by atomic mass is 9.95. The third kappa shape index (κ3) is 3.72. The third-order valence-electron chi connectivity index (χ3n) is 4.70. The normalized spacial score (nSPS) is 15.6. The zero-order valence-corrected chi connectivity index (χ0v) is 14.3. The van der Waals surface area contributed by atoms with E-state index in [1.807, 2.05) is 61.5 Å². The fraction of sp³-hybridized carbons (Fsp3) is 0.300. The lowest BCUT2D eigenvalue weighted by Gasteiger charge is -2.21. The second-order valence-electron chi connectivity index (χ2n) is 6.37. The number of rotatable bonds is 6. The summed E-state index contributed by atoms with van der Waals surface area (Å²) in [6, 6.07) is 17.0. The Kier molecular flexibility index (Phi) is 5.14. The van der Waals surface area contributed by atoms with Crippen LogP contribution in [0.25, 0.3) is 0 Å². The minimum absolute atomic E-state index is 0.0736. The fourth-order valence-electron chi connectivity index (χ4n) is 3.14. The van der Waals surface area contributed by atoms with Crippen LogP contribution in [0.4, 0.5) is 5.69 Å². The standard InChI is InChI=1S/C20H23N3O2/c1-14(19(21)15-7-3-2-4-8-15)20(25)22-11-12-23-17-10-6-5-9-16(17)13-18(23)24/h2-10,14,19H,11-13,21H2,1H3,(H,22,25). The molecule has 2 aromatic carbocycles. The van der Waals surface area contributed by atoms with E-state index < -0.39 is 0 Å². The van der Waals surface area contributed by atoms with Crippen molar-refractivity contribution < 1.29 is 9.59 Å². The van der Waals surface area contributed by atoms with Crippen molar-refractivity contribution in [2.45, 2.75) is 19.4 Å². The van der Waals surface area contributed by atoms with Gasteiger partial charge < -0.3 is 16.0 Å². The number of nitrogens with two attached hydrogens (primary N) is 1. The summed E-state index contributed by atoms with van der Waals surface area (Å²) in [6.45, 7) is 2.70. The zero-order chi connectivity index (χ0) is 17.8. The Labute approximate surface area is 147 Å². The zero-order valence-electron chi connectivity index (χ0n) is 14.3. The van der Waals surface area contributed by atoms with E-state index in [-0.39, 0.29) is 23.8 Å². The van der Waals surface area contributed by atoms with Gasteiger partial charge in [0.1, 0.15) is 0 Å². The van der Waals surface area contributed by atoms with Gasteiger partial charge in [0.2, 0.25) is 11.8 Å². The molecule has 1 aliphatic rings. The quantitative estimate of drug-likeness (QED) is 0.847. The predicted molar refractivity (Wildman–Crippen MR) is 98.0 cm³/mol. The Balaban J connectivity index is 1.54. The van der Waals surface area contributed by atoms with Gasteiger partial charge in [0.05, 0.1) is 12.3 Å². The van der Waals surface area contributed by atoms with E-state index in [1.165, 1.54) is 0 Å². The molecule has 2 atom stereocenters. The van der Waals surface area contributed by atoms with Crippen molar-refractivity contribution in [2.24, 2.45) is 11.7 Å². The molecule has 0 spiro atoms. The highest BCUT2D eigenvalue weighted by Crippen LogP contribution is 2.27. The SMILES string of the molecule is CC(C(=O)NCCN1C(=O)Cc2ccccc21)C(N)c1ccccc1. The number of fused-ring (bicyclic) bond motifs is 1. The maximum Gasteiger partial charge on any atom is 0.231 e. The number of carbonyl (C=O) groups excluding carboxylic acids is 2. The largest absolute Gasteiger partial charge is 0.354 e. The Morgan fingerprint density at radius 1 is 1.16 bits per heavy atom. The molecule has 1 heterocycles. The minimum atomic E-state index is -0.352. The molecule has 2 aromatic rings. The van der Waals surface area contributed by atoms with E-state index in [1.54, 1.807) is 4.90 Å². The number of anilines is 1. The van der Waals surface area contributed by atoms with Gasteiger partial charge in [-0.15, -0.1) is 0 Å². The summed E-state index contributed by atoms with van der Waals surface area (Å²) in [7, 11) is 0. The number of nitrogens with one attached hydrogen (secondary N) is 1. The molecule has 0 aliphatic carbocycles. The topological polar surface area (TPSA) is 75.4 Å². The number of para-hydroxylation sites is 1. The van der Waals surface area contributed by atoms with E-state index in [2.05, 4.69) is 5.32 Å². The average molecular weight is 337 g/mol. The van der Waals surface area contributed by atoms with E-state index in [4.69, 9.17) is 5.73 Å². The smallest absolute Gasteiger partial charge is 0.231 e. The molecule has 0 aromatic heterocycles. The van der Waals surface area contributed by atoms with Crippen LogP contribution in [0, 0.1) is 5.92 Å². The van der Waals surface area contributed by atoms with Crippen LogP contribution < -0.4 is 16.0 Å². The molecule has 0 bridgehead atoms. The van der Waals surface area contributed by atoms with E-state index >= 15 is 0 Å². The summed E-state index contributed by atoms with van der Waals surface area (Å²) in [5.74, 6) is -0.371. The molecule has 3 N–H and O–H groups in total. The molecule has 3 rings (SSSR count). The first kappa shape index (κ1) is 17.2. The maximum absolute atomic E-state index is 12.4. The van der Waals surface area contributed by atoms with Crippen LogP contribution in [-0.4, -0.2) is 24.9 Å². The van der Waals surface area contributed by atoms with Crippen molar-refractivity contribution >= 4 is 17.5 Å². The maximum atomic E-state index is 12.4. The van der Waals surface area contributed by atoms with Gasteiger partial charge in [-0.05, 0) is 17.2 Å². The Morgan fingerprint density at radius 2 is 1.84 bits per heavy atom. The number of benzene rings is 2. The summed E-state index contributed by atoms with van der Waals surface area (Å²) < 4.78 is 0. The lowest BCUT2D eigenvalue weighted by molar-refractivity contribution is -0.125. The van der Waals surface area contributed by atoms with Crippen molar-refractivity contribution in [1.29, 1.82) is 0 Å². The Morgan fingerprint density at radius 3 is 2.60 bits per heavy atom. The van der Waals surface area contributed by atoms with Crippen LogP contribution in [0.1, 0.15) is 24.1 Å². The molecule has 5 nitrogen and oxygen atoms in total. The number of amides is 2. The molecule has 0 saturated carbocycles. The van der Waals surface area contributed by atoms with Gasteiger partial charge in [0, 0.05) is 24.8 Å². The molecule has 0 saturated heterocycles. The number of hydrogen-bond donors (Lipinski definition) is 2. The highest BCUT2D eigenvalue weighted by atomic mass is 16.2. The first-order valence-electron chi connectivity index (χ1n) is 8.54. The number of nitrogens with zero attached hydrogens (tertiary/aromatic N) is 1. The van der Waals surface area contributed by atoms with Gasteiger partial charge in [0.15, 0.2) is 0 Å². The van der Waals surface area contributed by atoms with Gasteiger partial charge in [-0.3, -0.25) is 9.59 Å². The molecule has 0 radical (unpaired) electrons. The van der Waals surface area contributed by atoms with Gasteiger partial charge in [0.25, 0.3) is 0 Å². The first-order chi connectivity index (χ1) is 12.1. The van der Waals surface area contributed by atoms with Crippen LogP contribution in [0.3, 0.4) is 0 Å². The van der Waals surface area contributed by atoms with Crippen molar-refractivity contribution in [2.75, 3.05) is 18.0 Å². The highest BCUT2D eigenvalue weighted by Gasteiger charge is 2.27. The molecule has 2 amide bonds.